The van der Waals surface area contributed by atoms with Crippen molar-refractivity contribution < 1.29 is 27.9 Å². The Morgan fingerprint density at radius 3 is 2.73 bits per heavy atom. The first-order valence-electron chi connectivity index (χ1n) is 8.53. The van der Waals surface area contributed by atoms with Crippen LogP contribution in [0.15, 0.2) is 65.0 Å². The minimum atomic E-state index is -4.16. The van der Waals surface area contributed by atoms with Gasteiger partial charge < -0.3 is 15.2 Å². The second-order valence-electron chi connectivity index (χ2n) is 6.32. The number of aromatic nitrogens is 2. The predicted molar refractivity (Wildman–Crippen MR) is 106 cm³/mol. The second kappa shape index (κ2) is 8.33. The van der Waals surface area contributed by atoms with Crippen molar-refractivity contribution in [1.29, 1.82) is 0 Å². The van der Waals surface area contributed by atoms with Gasteiger partial charge in [0.25, 0.3) is 10.0 Å². The monoisotopic (exact) mass is 432 g/mol. The van der Waals surface area contributed by atoms with Crippen molar-refractivity contribution in [2.75, 3.05) is 7.05 Å². The number of nitrogens with zero attached hydrogens (tertiary/aromatic N) is 4. The molecule has 0 saturated heterocycles. The van der Waals surface area contributed by atoms with Crippen LogP contribution < -0.4 is 0 Å². The van der Waals surface area contributed by atoms with Gasteiger partial charge in [0, 0.05) is 36.8 Å². The fraction of sp³-hybridized carbons (Fsp3) is 0.105. The van der Waals surface area contributed by atoms with Crippen LogP contribution in [0.25, 0.3) is 11.3 Å². The molecule has 156 valence electrons. The third-order valence-electron chi connectivity index (χ3n) is 4.28. The van der Waals surface area contributed by atoms with Gasteiger partial charge in [-0.15, -0.1) is 0 Å². The molecule has 0 aliphatic rings. The van der Waals surface area contributed by atoms with Crippen molar-refractivity contribution in [2.24, 2.45) is 5.16 Å². The lowest BCUT2D eigenvalue weighted by atomic mass is 10.1. The van der Waals surface area contributed by atoms with E-state index in [-0.39, 0.29) is 28.3 Å². The van der Waals surface area contributed by atoms with Gasteiger partial charge in [-0.1, -0.05) is 17.3 Å². The molecule has 2 aromatic heterocycles. The van der Waals surface area contributed by atoms with E-state index in [1.165, 1.54) is 55.8 Å². The van der Waals surface area contributed by atoms with Crippen molar-refractivity contribution >= 4 is 22.3 Å². The lowest BCUT2D eigenvalue weighted by Gasteiger charge is -2.12. The summed E-state index contributed by atoms with van der Waals surface area (Å²) in [5.41, 5.74) is 0.205. The molecule has 1 amide bonds. The first-order valence-corrected chi connectivity index (χ1v) is 9.97. The summed E-state index contributed by atoms with van der Waals surface area (Å²) in [7, 11) is -2.83. The zero-order chi connectivity index (χ0) is 21.9. The van der Waals surface area contributed by atoms with E-state index in [1.807, 2.05) is 0 Å². The number of hydrogen-bond donors (Lipinski definition) is 2. The average Bonchev–Trinajstić information content (AvgIpc) is 3.14. The molecule has 30 heavy (non-hydrogen) atoms. The van der Waals surface area contributed by atoms with Crippen LogP contribution in [0.1, 0.15) is 11.1 Å². The molecule has 0 bridgehead atoms. The van der Waals surface area contributed by atoms with Gasteiger partial charge in [0.15, 0.2) is 0 Å². The molecule has 0 spiro atoms. The molecule has 2 heterocycles. The number of halogens is 1. The number of amides is 1. The minimum absolute atomic E-state index is 0.0154. The Kier molecular flexibility index (Phi) is 5.83. The van der Waals surface area contributed by atoms with Crippen LogP contribution in [-0.2, 0) is 16.6 Å². The van der Waals surface area contributed by atoms with Crippen LogP contribution in [0.4, 0.5) is 9.18 Å². The molecule has 11 heteroatoms. The number of benzene rings is 1. The van der Waals surface area contributed by atoms with E-state index in [0.29, 0.717) is 5.56 Å². The highest BCUT2D eigenvalue weighted by atomic mass is 32.2. The van der Waals surface area contributed by atoms with E-state index >= 15 is 0 Å². The van der Waals surface area contributed by atoms with Gasteiger partial charge in [0.2, 0.25) is 0 Å². The number of carbonyl (C=O) groups is 1. The Morgan fingerprint density at radius 1 is 1.33 bits per heavy atom. The van der Waals surface area contributed by atoms with E-state index < -0.39 is 21.9 Å². The Hall–Kier alpha value is -3.73. The fourth-order valence-electron chi connectivity index (χ4n) is 2.84. The zero-order valence-corrected chi connectivity index (χ0v) is 16.5. The van der Waals surface area contributed by atoms with Crippen LogP contribution in [-0.4, -0.2) is 51.9 Å². The number of pyridine rings is 1. The highest BCUT2D eigenvalue weighted by Gasteiger charge is 2.24. The van der Waals surface area contributed by atoms with Gasteiger partial charge in [-0.25, -0.2) is 21.6 Å². The van der Waals surface area contributed by atoms with Crippen molar-refractivity contribution in [3.8, 4) is 11.3 Å². The third-order valence-corrected chi connectivity index (χ3v) is 5.94. The Morgan fingerprint density at radius 2 is 2.10 bits per heavy atom. The lowest BCUT2D eigenvalue weighted by molar-refractivity contribution is 0.154. The van der Waals surface area contributed by atoms with E-state index in [0.717, 1.165) is 21.3 Å². The lowest BCUT2D eigenvalue weighted by Crippen LogP contribution is -2.23. The molecular formula is C19H17FN4O5S. The molecule has 2 N–H and O–H groups in total. The maximum atomic E-state index is 15.0. The van der Waals surface area contributed by atoms with Gasteiger partial charge in [-0.2, -0.15) is 0 Å². The van der Waals surface area contributed by atoms with Crippen molar-refractivity contribution in [1.82, 2.24) is 13.9 Å². The maximum Gasteiger partial charge on any atom is 0.407 e. The Bertz CT molecular complexity index is 1210. The summed E-state index contributed by atoms with van der Waals surface area (Å²) in [5.74, 6) is -0.797. The molecule has 0 fully saturated rings. The summed E-state index contributed by atoms with van der Waals surface area (Å²) in [6.45, 7) is -0.114. The normalized spacial score (nSPS) is 11.7. The van der Waals surface area contributed by atoms with E-state index in [4.69, 9.17) is 10.3 Å². The molecule has 0 atom stereocenters. The standard InChI is InChI=1S/C19H17FN4O5S/c1-23(19(25)26)11-13-8-17(16-6-2-4-14(9-22-27)18(16)20)24(12-13)30(28,29)15-5-3-7-21-10-15/h2-10,12,27H,11H2,1H3,(H,25,26). The van der Waals surface area contributed by atoms with E-state index in [9.17, 15) is 17.6 Å². The largest absolute Gasteiger partial charge is 0.465 e. The molecule has 9 nitrogen and oxygen atoms in total. The Labute approximate surface area is 171 Å². The predicted octanol–water partition coefficient (Wildman–Crippen LogP) is 2.84. The van der Waals surface area contributed by atoms with Crippen molar-refractivity contribution in [3.63, 3.8) is 0 Å². The number of carboxylic acid groups (broad SMARTS) is 1. The summed E-state index contributed by atoms with van der Waals surface area (Å²) in [5, 5.41) is 20.6. The first-order chi connectivity index (χ1) is 14.3. The summed E-state index contributed by atoms with van der Waals surface area (Å²) in [6, 6.07) is 8.41. The topological polar surface area (TPSA) is 125 Å². The quantitative estimate of drug-likeness (QED) is 0.351. The van der Waals surface area contributed by atoms with Gasteiger partial charge in [0.1, 0.15) is 10.7 Å². The summed E-state index contributed by atoms with van der Waals surface area (Å²) >= 11 is 0. The van der Waals surface area contributed by atoms with Gasteiger partial charge in [0.05, 0.1) is 18.5 Å². The summed E-state index contributed by atoms with van der Waals surface area (Å²) < 4.78 is 42.2. The van der Waals surface area contributed by atoms with Gasteiger partial charge in [-0.3, -0.25) is 4.98 Å². The molecule has 0 aliphatic heterocycles. The summed E-state index contributed by atoms with van der Waals surface area (Å²) in [4.78, 5) is 15.8. The van der Waals surface area contributed by atoms with Crippen LogP contribution in [0, 0.1) is 5.82 Å². The Balaban J connectivity index is 2.23. The van der Waals surface area contributed by atoms with Crippen molar-refractivity contribution in [2.45, 2.75) is 11.4 Å². The molecule has 0 saturated carbocycles. The fourth-order valence-corrected chi connectivity index (χ4v) is 4.20. The molecule has 1 aromatic carbocycles. The number of rotatable bonds is 6. The maximum absolute atomic E-state index is 15.0. The van der Waals surface area contributed by atoms with Crippen LogP contribution >= 0.6 is 0 Å². The van der Waals surface area contributed by atoms with E-state index in [2.05, 4.69) is 10.1 Å². The zero-order valence-electron chi connectivity index (χ0n) is 15.7. The first kappa shape index (κ1) is 21.0. The van der Waals surface area contributed by atoms with Crippen LogP contribution in [0.5, 0.6) is 0 Å². The smallest absolute Gasteiger partial charge is 0.407 e. The number of hydrogen-bond acceptors (Lipinski definition) is 6. The molecule has 0 aliphatic carbocycles. The van der Waals surface area contributed by atoms with Crippen LogP contribution in [0.2, 0.25) is 0 Å². The third kappa shape index (κ3) is 4.01. The van der Waals surface area contributed by atoms with Crippen LogP contribution in [0.3, 0.4) is 0 Å². The molecule has 3 rings (SSSR count). The summed E-state index contributed by atoms with van der Waals surface area (Å²) in [6.07, 6.45) is 3.50. The SMILES string of the molecule is CN(Cc1cc(-c2cccc(C=NO)c2F)n(S(=O)(=O)c2cccnc2)c1)C(=O)O. The minimum Gasteiger partial charge on any atom is -0.465 e. The highest BCUT2D eigenvalue weighted by molar-refractivity contribution is 7.90. The molecule has 0 radical (unpaired) electrons. The van der Waals surface area contributed by atoms with E-state index in [1.54, 1.807) is 0 Å². The average molecular weight is 432 g/mol. The molecular weight excluding hydrogens is 415 g/mol. The number of oxime groups is 1. The van der Waals surface area contributed by atoms with Gasteiger partial charge >= 0.3 is 6.09 Å². The second-order valence-corrected chi connectivity index (χ2v) is 8.13. The highest BCUT2D eigenvalue weighted by Crippen LogP contribution is 2.30. The molecule has 0 unspecified atom stereocenters. The molecule has 3 aromatic rings. The van der Waals surface area contributed by atoms with Crippen molar-refractivity contribution in [3.05, 3.63) is 71.9 Å². The van der Waals surface area contributed by atoms with Gasteiger partial charge in [-0.05, 0) is 29.8 Å².